The van der Waals surface area contributed by atoms with Crippen molar-refractivity contribution in [3.8, 4) is 11.8 Å². The average Bonchev–Trinajstić information content (AvgIpc) is 2.45. The molecule has 0 amide bonds. The quantitative estimate of drug-likeness (QED) is 0.587. The van der Waals surface area contributed by atoms with Crippen LogP contribution in [0.25, 0.3) is 0 Å². The Morgan fingerprint density at radius 3 is 2.76 bits per heavy atom. The Hall–Kier alpha value is -2.13. The third kappa shape index (κ3) is 5.40. The van der Waals surface area contributed by atoms with Gasteiger partial charge in [0.15, 0.2) is 0 Å². The molecule has 0 aliphatic rings. The second kappa shape index (κ2) is 7.60. The molecule has 0 atom stereocenters. The first-order valence-corrected chi connectivity index (χ1v) is 6.91. The number of nitriles is 1. The van der Waals surface area contributed by atoms with E-state index in [-0.39, 0.29) is 5.69 Å². The number of nitrogens with one attached hydrogen (secondary N) is 1. The maximum Gasteiger partial charge on any atom is 0.270 e. The lowest BCUT2D eigenvalue weighted by molar-refractivity contribution is -0.384. The fraction of sp³-hybridized carbons (Fsp3) is 0.533. The lowest BCUT2D eigenvalue weighted by Crippen LogP contribution is -2.16. The molecule has 0 aliphatic heterocycles. The maximum atomic E-state index is 10.8. The van der Waals surface area contributed by atoms with E-state index < -0.39 is 10.3 Å². The van der Waals surface area contributed by atoms with Gasteiger partial charge in [-0.1, -0.05) is 6.92 Å². The minimum atomic E-state index is -0.442. The highest BCUT2D eigenvalue weighted by Gasteiger charge is 2.17. The first-order valence-electron chi connectivity index (χ1n) is 6.91. The molecule has 0 aromatic heterocycles. The number of hydrogen-bond acceptors (Lipinski definition) is 5. The molecule has 0 saturated heterocycles. The minimum Gasteiger partial charge on any atom is -0.493 e. The SMILES string of the molecule is CCNCc1cc([N+](=O)[O-])ccc1OCCC(C)(C)C#N. The maximum absolute atomic E-state index is 10.8. The highest BCUT2D eigenvalue weighted by Crippen LogP contribution is 2.26. The van der Waals surface area contributed by atoms with Gasteiger partial charge < -0.3 is 10.1 Å². The second-order valence-corrected chi connectivity index (χ2v) is 5.42. The molecular formula is C15H21N3O3. The lowest BCUT2D eigenvalue weighted by atomic mass is 9.92. The molecule has 0 aliphatic carbocycles. The molecule has 114 valence electrons. The summed E-state index contributed by atoms with van der Waals surface area (Å²) >= 11 is 0. The smallest absolute Gasteiger partial charge is 0.270 e. The van der Waals surface area contributed by atoms with E-state index >= 15 is 0 Å². The molecular weight excluding hydrogens is 270 g/mol. The van der Waals surface area contributed by atoms with Crippen LogP contribution in [0.4, 0.5) is 5.69 Å². The van der Waals surface area contributed by atoms with Crippen LogP contribution in [0.1, 0.15) is 32.8 Å². The van der Waals surface area contributed by atoms with E-state index in [1.165, 1.54) is 12.1 Å². The Morgan fingerprint density at radius 2 is 2.19 bits per heavy atom. The van der Waals surface area contributed by atoms with E-state index in [0.29, 0.717) is 25.3 Å². The molecule has 0 unspecified atom stereocenters. The third-order valence-electron chi connectivity index (χ3n) is 3.11. The molecule has 0 heterocycles. The van der Waals surface area contributed by atoms with Crippen LogP contribution in [0.15, 0.2) is 18.2 Å². The van der Waals surface area contributed by atoms with Crippen molar-refractivity contribution < 1.29 is 9.66 Å². The van der Waals surface area contributed by atoms with Gasteiger partial charge in [0.25, 0.3) is 5.69 Å². The number of benzene rings is 1. The summed E-state index contributed by atoms with van der Waals surface area (Å²) in [5.41, 5.74) is 0.358. The number of ether oxygens (including phenoxy) is 1. The molecule has 0 fully saturated rings. The highest BCUT2D eigenvalue weighted by molar-refractivity contribution is 5.43. The van der Waals surface area contributed by atoms with Crippen LogP contribution >= 0.6 is 0 Å². The van der Waals surface area contributed by atoms with E-state index in [0.717, 1.165) is 12.1 Å². The fourth-order valence-electron chi connectivity index (χ4n) is 1.69. The fourth-order valence-corrected chi connectivity index (χ4v) is 1.69. The van der Waals surface area contributed by atoms with Gasteiger partial charge in [0.2, 0.25) is 0 Å². The zero-order chi connectivity index (χ0) is 15.9. The minimum absolute atomic E-state index is 0.0487. The van der Waals surface area contributed by atoms with Gasteiger partial charge in [-0.3, -0.25) is 10.1 Å². The zero-order valence-electron chi connectivity index (χ0n) is 12.7. The normalized spacial score (nSPS) is 11.0. The van der Waals surface area contributed by atoms with Gasteiger partial charge in [0, 0.05) is 24.2 Å². The number of nitro benzene ring substituents is 1. The van der Waals surface area contributed by atoms with Gasteiger partial charge in [-0.05, 0) is 32.9 Å². The lowest BCUT2D eigenvalue weighted by Gasteiger charge is -2.17. The van der Waals surface area contributed by atoms with Crippen molar-refractivity contribution in [3.63, 3.8) is 0 Å². The highest BCUT2D eigenvalue weighted by atomic mass is 16.6. The summed E-state index contributed by atoms with van der Waals surface area (Å²) in [5, 5.41) is 22.9. The van der Waals surface area contributed by atoms with Gasteiger partial charge in [-0.2, -0.15) is 5.26 Å². The predicted octanol–water partition coefficient (Wildman–Crippen LogP) is 3.02. The van der Waals surface area contributed by atoms with Gasteiger partial charge >= 0.3 is 0 Å². The Kier molecular flexibility index (Phi) is 6.12. The molecule has 1 aromatic carbocycles. The zero-order valence-corrected chi connectivity index (χ0v) is 12.7. The van der Waals surface area contributed by atoms with Crippen LogP contribution in [-0.2, 0) is 6.54 Å². The van der Waals surface area contributed by atoms with Crippen molar-refractivity contribution in [1.29, 1.82) is 5.26 Å². The topological polar surface area (TPSA) is 88.2 Å². The summed E-state index contributed by atoms with van der Waals surface area (Å²) in [6.07, 6.45) is 0.598. The van der Waals surface area contributed by atoms with Crippen LogP contribution in [0.2, 0.25) is 0 Å². The predicted molar refractivity (Wildman–Crippen MR) is 80.0 cm³/mol. The van der Waals surface area contributed by atoms with Crippen molar-refractivity contribution in [2.24, 2.45) is 5.41 Å². The van der Waals surface area contributed by atoms with E-state index in [4.69, 9.17) is 10.00 Å². The monoisotopic (exact) mass is 291 g/mol. The number of hydrogen-bond donors (Lipinski definition) is 1. The Balaban J connectivity index is 2.80. The molecule has 1 N–H and O–H groups in total. The summed E-state index contributed by atoms with van der Waals surface area (Å²) in [7, 11) is 0. The standard InChI is InChI=1S/C15H21N3O3/c1-4-17-10-12-9-13(18(19)20)5-6-14(12)21-8-7-15(2,3)11-16/h5-6,9,17H,4,7-8,10H2,1-3H3. The Labute approximate surface area is 124 Å². The van der Waals surface area contributed by atoms with E-state index in [1.54, 1.807) is 6.07 Å². The van der Waals surface area contributed by atoms with E-state index in [2.05, 4.69) is 11.4 Å². The van der Waals surface area contributed by atoms with E-state index in [1.807, 2.05) is 20.8 Å². The Morgan fingerprint density at radius 1 is 1.48 bits per heavy atom. The van der Waals surface area contributed by atoms with Crippen molar-refractivity contribution in [1.82, 2.24) is 5.32 Å². The average molecular weight is 291 g/mol. The summed E-state index contributed by atoms with van der Waals surface area (Å²) in [6.45, 7) is 7.35. The molecule has 1 rings (SSSR count). The number of non-ortho nitro benzene ring substituents is 1. The number of nitrogens with zero attached hydrogens (tertiary/aromatic N) is 2. The largest absolute Gasteiger partial charge is 0.493 e. The van der Waals surface area contributed by atoms with Gasteiger partial charge in [-0.15, -0.1) is 0 Å². The molecule has 1 aromatic rings. The molecule has 0 radical (unpaired) electrons. The molecule has 6 heteroatoms. The third-order valence-corrected chi connectivity index (χ3v) is 3.11. The van der Waals surface area contributed by atoms with Crippen molar-refractivity contribution in [2.45, 2.75) is 33.7 Å². The van der Waals surface area contributed by atoms with Crippen molar-refractivity contribution in [2.75, 3.05) is 13.2 Å². The number of nitro groups is 1. The van der Waals surface area contributed by atoms with Crippen LogP contribution in [0, 0.1) is 26.9 Å². The summed E-state index contributed by atoms with van der Waals surface area (Å²) in [4.78, 5) is 10.4. The van der Waals surface area contributed by atoms with Crippen LogP contribution in [-0.4, -0.2) is 18.1 Å². The van der Waals surface area contributed by atoms with Crippen LogP contribution in [0.5, 0.6) is 5.75 Å². The molecule has 6 nitrogen and oxygen atoms in total. The first-order chi connectivity index (χ1) is 9.89. The molecule has 0 saturated carbocycles. The number of rotatable bonds is 8. The molecule has 0 spiro atoms. The van der Waals surface area contributed by atoms with Crippen LogP contribution < -0.4 is 10.1 Å². The van der Waals surface area contributed by atoms with Gasteiger partial charge in [0.05, 0.1) is 23.0 Å². The van der Waals surface area contributed by atoms with E-state index in [9.17, 15) is 10.1 Å². The summed E-state index contributed by atoms with van der Waals surface area (Å²) in [6, 6.07) is 6.79. The summed E-state index contributed by atoms with van der Waals surface area (Å²) in [5.74, 6) is 0.621. The molecule has 0 bridgehead atoms. The summed E-state index contributed by atoms with van der Waals surface area (Å²) < 4.78 is 5.69. The second-order valence-electron chi connectivity index (χ2n) is 5.42. The molecule has 21 heavy (non-hydrogen) atoms. The first kappa shape index (κ1) is 16.9. The van der Waals surface area contributed by atoms with Crippen molar-refractivity contribution in [3.05, 3.63) is 33.9 Å². The Bertz CT molecular complexity index is 535. The van der Waals surface area contributed by atoms with Gasteiger partial charge in [-0.25, -0.2) is 0 Å². The van der Waals surface area contributed by atoms with Gasteiger partial charge in [0.1, 0.15) is 5.75 Å². The van der Waals surface area contributed by atoms with Crippen LogP contribution in [0.3, 0.4) is 0 Å². The van der Waals surface area contributed by atoms with Crippen molar-refractivity contribution >= 4 is 5.69 Å².